The van der Waals surface area contributed by atoms with E-state index in [0.29, 0.717) is 6.42 Å². The summed E-state index contributed by atoms with van der Waals surface area (Å²) >= 11 is 0. The number of sulfonamides is 1. The number of amides is 1. The largest absolute Gasteiger partial charge is 0.309 e. The number of hydrogen-bond donors (Lipinski definition) is 0. The lowest BCUT2D eigenvalue weighted by molar-refractivity contribution is -0.116. The van der Waals surface area contributed by atoms with Crippen LogP contribution in [0.2, 0.25) is 0 Å². The van der Waals surface area contributed by atoms with Gasteiger partial charge in [-0.2, -0.15) is 9.40 Å². The second-order valence-electron chi connectivity index (χ2n) is 8.39. The van der Waals surface area contributed by atoms with Gasteiger partial charge in [0, 0.05) is 43.5 Å². The molecule has 7 nitrogen and oxygen atoms in total. The fourth-order valence-electron chi connectivity index (χ4n) is 4.46. The molecule has 2 aromatic carbocycles. The van der Waals surface area contributed by atoms with E-state index in [1.54, 1.807) is 30.1 Å². The number of anilines is 1. The summed E-state index contributed by atoms with van der Waals surface area (Å²) < 4.78 is 29.9. The lowest BCUT2D eigenvalue weighted by Gasteiger charge is -2.21. The summed E-state index contributed by atoms with van der Waals surface area (Å²) in [6, 6.07) is 14.8. The Hall–Kier alpha value is -2.97. The van der Waals surface area contributed by atoms with Crippen LogP contribution in [0.25, 0.3) is 5.69 Å². The van der Waals surface area contributed by atoms with Gasteiger partial charge >= 0.3 is 0 Å². The van der Waals surface area contributed by atoms with E-state index in [1.807, 2.05) is 55.8 Å². The third-order valence-electron chi connectivity index (χ3n) is 6.14. The molecule has 4 rings (SSSR count). The highest BCUT2D eigenvalue weighted by molar-refractivity contribution is 7.89. The molecule has 0 spiro atoms. The van der Waals surface area contributed by atoms with Crippen molar-refractivity contribution in [2.45, 2.75) is 51.6 Å². The van der Waals surface area contributed by atoms with Crippen molar-refractivity contribution in [3.8, 4) is 5.69 Å². The zero-order valence-electron chi connectivity index (χ0n) is 19.0. The molecular weight excluding hydrogens is 424 g/mol. The minimum absolute atomic E-state index is 0.0207. The standard InChI is InChI=1S/C24H28N4O3S/c1-16-13-20-14-22(11-12-24(20)27(16)19(4)29)32(30,31)26(5)15-23-17(2)25-28(18(23)3)21-9-7-6-8-10-21/h6-12,14,16H,13,15H2,1-5H3. The molecule has 32 heavy (non-hydrogen) atoms. The molecule has 0 radical (unpaired) electrons. The molecule has 1 aliphatic heterocycles. The SMILES string of the molecule is CC(=O)N1c2ccc(S(=O)(=O)N(C)Cc3c(C)nn(-c4ccccc4)c3C)cc2CC1C. The Morgan fingerprint density at radius 1 is 1.16 bits per heavy atom. The molecule has 0 fully saturated rings. The molecule has 1 aromatic heterocycles. The first-order valence-electron chi connectivity index (χ1n) is 10.6. The zero-order valence-corrected chi connectivity index (χ0v) is 19.8. The molecule has 0 N–H and O–H groups in total. The Morgan fingerprint density at radius 3 is 2.50 bits per heavy atom. The highest BCUT2D eigenvalue weighted by Crippen LogP contribution is 2.34. The second-order valence-corrected chi connectivity index (χ2v) is 10.4. The second kappa shape index (κ2) is 8.18. The molecule has 2 heterocycles. The van der Waals surface area contributed by atoms with E-state index in [2.05, 4.69) is 5.10 Å². The number of aryl methyl sites for hydroxylation is 1. The average Bonchev–Trinajstić information content (AvgIpc) is 3.24. The van der Waals surface area contributed by atoms with Crippen LogP contribution in [0.1, 0.15) is 36.4 Å². The van der Waals surface area contributed by atoms with Gasteiger partial charge in [-0.15, -0.1) is 0 Å². The van der Waals surface area contributed by atoms with E-state index in [-0.39, 0.29) is 23.4 Å². The smallest absolute Gasteiger partial charge is 0.243 e. The summed E-state index contributed by atoms with van der Waals surface area (Å²) in [6.07, 6.45) is 0.643. The lowest BCUT2D eigenvalue weighted by Crippen LogP contribution is -2.33. The van der Waals surface area contributed by atoms with Gasteiger partial charge in [0.25, 0.3) is 0 Å². The quantitative estimate of drug-likeness (QED) is 0.593. The van der Waals surface area contributed by atoms with Crippen molar-refractivity contribution < 1.29 is 13.2 Å². The van der Waals surface area contributed by atoms with Gasteiger partial charge < -0.3 is 4.90 Å². The first-order chi connectivity index (χ1) is 15.1. The zero-order chi connectivity index (χ0) is 23.2. The van der Waals surface area contributed by atoms with Gasteiger partial charge in [0.2, 0.25) is 15.9 Å². The number of aromatic nitrogens is 2. The lowest BCUT2D eigenvalue weighted by atomic mass is 10.1. The van der Waals surface area contributed by atoms with E-state index in [4.69, 9.17) is 0 Å². The number of hydrogen-bond acceptors (Lipinski definition) is 4. The van der Waals surface area contributed by atoms with Crippen molar-refractivity contribution in [1.29, 1.82) is 0 Å². The van der Waals surface area contributed by atoms with Crippen LogP contribution in [0.5, 0.6) is 0 Å². The molecular formula is C24H28N4O3S. The average molecular weight is 453 g/mol. The molecule has 1 atom stereocenters. The van der Waals surface area contributed by atoms with Crippen LogP contribution in [0.3, 0.4) is 0 Å². The van der Waals surface area contributed by atoms with Crippen LogP contribution >= 0.6 is 0 Å². The Bertz CT molecular complexity index is 1280. The molecule has 0 bridgehead atoms. The van der Waals surface area contributed by atoms with Crippen molar-refractivity contribution in [3.63, 3.8) is 0 Å². The van der Waals surface area contributed by atoms with Crippen molar-refractivity contribution >= 4 is 21.6 Å². The minimum Gasteiger partial charge on any atom is -0.309 e. The minimum atomic E-state index is -3.71. The first kappa shape index (κ1) is 22.2. The monoisotopic (exact) mass is 452 g/mol. The van der Waals surface area contributed by atoms with Gasteiger partial charge in [-0.3, -0.25) is 4.79 Å². The molecule has 1 amide bonds. The predicted molar refractivity (Wildman–Crippen MR) is 124 cm³/mol. The maximum atomic E-state index is 13.4. The Morgan fingerprint density at radius 2 is 1.84 bits per heavy atom. The van der Waals surface area contributed by atoms with Crippen LogP contribution in [0, 0.1) is 13.8 Å². The van der Waals surface area contributed by atoms with Gasteiger partial charge in [-0.1, -0.05) is 18.2 Å². The Kier molecular flexibility index (Phi) is 5.68. The van der Waals surface area contributed by atoms with Crippen LogP contribution in [0.4, 0.5) is 5.69 Å². The fourth-order valence-corrected chi connectivity index (χ4v) is 5.65. The van der Waals surface area contributed by atoms with E-state index in [0.717, 1.165) is 33.9 Å². The number of carbonyl (C=O) groups is 1. The summed E-state index contributed by atoms with van der Waals surface area (Å²) in [6.45, 7) is 7.58. The summed E-state index contributed by atoms with van der Waals surface area (Å²) in [7, 11) is -2.12. The van der Waals surface area contributed by atoms with Gasteiger partial charge in [0.15, 0.2) is 0 Å². The fraction of sp³-hybridized carbons (Fsp3) is 0.333. The molecule has 0 saturated carbocycles. The highest BCUT2D eigenvalue weighted by Gasteiger charge is 2.31. The van der Waals surface area contributed by atoms with Gasteiger partial charge in [0.05, 0.1) is 16.3 Å². The summed E-state index contributed by atoms with van der Waals surface area (Å²) in [5, 5.41) is 4.63. The Labute approximate surface area is 189 Å². The third-order valence-corrected chi connectivity index (χ3v) is 7.94. The summed E-state index contributed by atoms with van der Waals surface area (Å²) in [4.78, 5) is 13.9. The summed E-state index contributed by atoms with van der Waals surface area (Å²) in [5.74, 6) is -0.0367. The normalized spacial score (nSPS) is 15.9. The van der Waals surface area contributed by atoms with Gasteiger partial charge in [-0.25, -0.2) is 13.1 Å². The maximum absolute atomic E-state index is 13.4. The van der Waals surface area contributed by atoms with Crippen LogP contribution in [-0.4, -0.2) is 41.5 Å². The topological polar surface area (TPSA) is 75.5 Å². The number of para-hydroxylation sites is 1. The van der Waals surface area contributed by atoms with Crippen molar-refractivity contribution in [3.05, 3.63) is 71.0 Å². The van der Waals surface area contributed by atoms with E-state index < -0.39 is 10.0 Å². The molecule has 168 valence electrons. The van der Waals surface area contributed by atoms with Crippen molar-refractivity contribution in [2.75, 3.05) is 11.9 Å². The van der Waals surface area contributed by atoms with Gasteiger partial charge in [0.1, 0.15) is 0 Å². The number of nitrogens with zero attached hydrogens (tertiary/aromatic N) is 4. The molecule has 8 heteroatoms. The van der Waals surface area contributed by atoms with E-state index in [1.165, 1.54) is 11.2 Å². The molecule has 3 aromatic rings. The Balaban J connectivity index is 1.62. The molecule has 1 aliphatic rings. The van der Waals surface area contributed by atoms with Gasteiger partial charge in [-0.05, 0) is 63.1 Å². The maximum Gasteiger partial charge on any atom is 0.243 e. The number of carbonyl (C=O) groups excluding carboxylic acids is 1. The van der Waals surface area contributed by atoms with E-state index >= 15 is 0 Å². The van der Waals surface area contributed by atoms with Crippen molar-refractivity contribution in [1.82, 2.24) is 14.1 Å². The predicted octanol–water partition coefficient (Wildman–Crippen LogP) is 3.61. The highest BCUT2D eigenvalue weighted by atomic mass is 32.2. The molecule has 0 saturated heterocycles. The van der Waals surface area contributed by atoms with Crippen LogP contribution in [-0.2, 0) is 27.8 Å². The first-order valence-corrected chi connectivity index (χ1v) is 12.0. The molecule has 0 aliphatic carbocycles. The number of fused-ring (bicyclic) bond motifs is 1. The number of benzene rings is 2. The van der Waals surface area contributed by atoms with E-state index in [9.17, 15) is 13.2 Å². The van der Waals surface area contributed by atoms with Crippen LogP contribution < -0.4 is 4.90 Å². The molecule has 1 unspecified atom stereocenters. The third kappa shape index (κ3) is 3.73. The number of rotatable bonds is 5. The van der Waals surface area contributed by atoms with Crippen LogP contribution in [0.15, 0.2) is 53.4 Å². The summed E-state index contributed by atoms with van der Waals surface area (Å²) in [5.41, 5.74) is 5.21. The van der Waals surface area contributed by atoms with Crippen molar-refractivity contribution in [2.24, 2.45) is 0 Å².